The Bertz CT molecular complexity index is 348. The summed E-state index contributed by atoms with van der Waals surface area (Å²) in [7, 11) is 2.06. The molecule has 0 aliphatic carbocycles. The molecule has 4 nitrogen and oxygen atoms in total. The van der Waals surface area contributed by atoms with Crippen molar-refractivity contribution >= 4 is 5.82 Å². The number of nitrogens with zero attached hydrogens (tertiary/aromatic N) is 2. The van der Waals surface area contributed by atoms with E-state index in [0.717, 1.165) is 31.0 Å². The van der Waals surface area contributed by atoms with Crippen LogP contribution >= 0.6 is 0 Å². The highest BCUT2D eigenvalue weighted by Gasteiger charge is 2.23. The van der Waals surface area contributed by atoms with Crippen LogP contribution in [0.5, 0.6) is 0 Å². The molecule has 4 heteroatoms. The fraction of sp³-hybridized carbons (Fsp3) is 0.583. The third-order valence-corrected chi connectivity index (χ3v) is 3.09. The first-order valence-electron chi connectivity index (χ1n) is 5.71. The molecule has 88 valence electrons. The summed E-state index contributed by atoms with van der Waals surface area (Å²) in [4.78, 5) is 6.62. The molecule has 1 aromatic heterocycles. The molecule has 0 saturated carbocycles. The molecule has 2 rings (SSSR count). The zero-order valence-electron chi connectivity index (χ0n) is 9.89. The van der Waals surface area contributed by atoms with Crippen molar-refractivity contribution in [3.63, 3.8) is 0 Å². The zero-order valence-corrected chi connectivity index (χ0v) is 9.89. The maximum absolute atomic E-state index is 5.95. The molecule has 1 fully saturated rings. The van der Waals surface area contributed by atoms with E-state index in [1.165, 1.54) is 0 Å². The van der Waals surface area contributed by atoms with Crippen LogP contribution in [0.3, 0.4) is 0 Å². The molecule has 1 aromatic rings. The van der Waals surface area contributed by atoms with Crippen molar-refractivity contribution < 1.29 is 4.74 Å². The monoisotopic (exact) mass is 221 g/mol. The van der Waals surface area contributed by atoms with E-state index in [0.29, 0.717) is 6.04 Å². The lowest BCUT2D eigenvalue weighted by Gasteiger charge is -2.27. The molecular weight excluding hydrogens is 202 g/mol. The minimum Gasteiger partial charge on any atom is -0.379 e. The number of pyridine rings is 1. The van der Waals surface area contributed by atoms with Gasteiger partial charge in [0.15, 0.2) is 0 Å². The van der Waals surface area contributed by atoms with Crippen molar-refractivity contribution in [2.45, 2.75) is 25.4 Å². The fourth-order valence-corrected chi connectivity index (χ4v) is 2.06. The molecule has 1 aliphatic heterocycles. The van der Waals surface area contributed by atoms with Crippen molar-refractivity contribution in [2.24, 2.45) is 5.73 Å². The van der Waals surface area contributed by atoms with Crippen molar-refractivity contribution in [1.82, 2.24) is 4.98 Å². The molecule has 16 heavy (non-hydrogen) atoms. The SMILES string of the molecule is C[C@H](N)c1cccnc1N(C)C1CCOC1. The summed E-state index contributed by atoms with van der Waals surface area (Å²) in [6.45, 7) is 3.61. The van der Waals surface area contributed by atoms with Gasteiger partial charge in [0.1, 0.15) is 5.82 Å². The van der Waals surface area contributed by atoms with Gasteiger partial charge in [0.25, 0.3) is 0 Å². The van der Waals surface area contributed by atoms with Crippen molar-refractivity contribution in [3.05, 3.63) is 23.9 Å². The first kappa shape index (κ1) is 11.4. The van der Waals surface area contributed by atoms with Gasteiger partial charge in [-0.05, 0) is 19.4 Å². The highest BCUT2D eigenvalue weighted by Crippen LogP contribution is 2.25. The van der Waals surface area contributed by atoms with Crippen molar-refractivity contribution in [1.29, 1.82) is 0 Å². The van der Waals surface area contributed by atoms with Gasteiger partial charge in [0, 0.05) is 31.5 Å². The molecule has 0 radical (unpaired) electrons. The van der Waals surface area contributed by atoms with Crippen LogP contribution in [0.15, 0.2) is 18.3 Å². The minimum atomic E-state index is 0.00784. The zero-order chi connectivity index (χ0) is 11.5. The summed E-state index contributed by atoms with van der Waals surface area (Å²) in [5.41, 5.74) is 7.05. The number of hydrogen-bond acceptors (Lipinski definition) is 4. The third-order valence-electron chi connectivity index (χ3n) is 3.09. The number of likely N-dealkylation sites (N-methyl/N-ethyl adjacent to an activating group) is 1. The Morgan fingerprint density at radius 3 is 3.06 bits per heavy atom. The largest absolute Gasteiger partial charge is 0.379 e. The molecule has 0 amide bonds. The average Bonchev–Trinajstić information content (AvgIpc) is 2.81. The predicted molar refractivity (Wildman–Crippen MR) is 64.5 cm³/mol. The molecule has 0 bridgehead atoms. The van der Waals surface area contributed by atoms with Gasteiger partial charge < -0.3 is 15.4 Å². The summed E-state index contributed by atoms with van der Waals surface area (Å²) < 4.78 is 5.40. The second kappa shape index (κ2) is 4.80. The number of nitrogens with two attached hydrogens (primary N) is 1. The van der Waals surface area contributed by atoms with Gasteiger partial charge in [0.05, 0.1) is 12.6 Å². The first-order chi connectivity index (χ1) is 7.70. The standard InChI is InChI=1S/C12H19N3O/c1-9(13)11-4-3-6-14-12(11)15(2)10-5-7-16-8-10/h3-4,6,9-10H,5,7-8,13H2,1-2H3/t9-,10?/m0/s1. The number of ether oxygens (including phenoxy) is 1. The number of anilines is 1. The van der Waals surface area contributed by atoms with Gasteiger partial charge in [-0.15, -0.1) is 0 Å². The maximum Gasteiger partial charge on any atom is 0.133 e. The van der Waals surface area contributed by atoms with Gasteiger partial charge in [-0.2, -0.15) is 0 Å². The predicted octanol–water partition coefficient (Wildman–Crippen LogP) is 1.33. The van der Waals surface area contributed by atoms with E-state index in [-0.39, 0.29) is 6.04 Å². The molecule has 2 N–H and O–H groups in total. The van der Waals surface area contributed by atoms with Crippen LogP contribution in [0, 0.1) is 0 Å². The Balaban J connectivity index is 2.24. The molecule has 2 atom stereocenters. The van der Waals surface area contributed by atoms with Gasteiger partial charge in [0.2, 0.25) is 0 Å². The second-order valence-electron chi connectivity index (χ2n) is 4.33. The van der Waals surface area contributed by atoms with Crippen LogP contribution < -0.4 is 10.6 Å². The van der Waals surface area contributed by atoms with Crippen LogP contribution in [-0.4, -0.2) is 31.3 Å². The summed E-state index contributed by atoms with van der Waals surface area (Å²) >= 11 is 0. The van der Waals surface area contributed by atoms with Gasteiger partial charge in [-0.3, -0.25) is 0 Å². The second-order valence-corrected chi connectivity index (χ2v) is 4.33. The maximum atomic E-state index is 5.95. The van der Waals surface area contributed by atoms with E-state index in [1.54, 1.807) is 0 Å². The van der Waals surface area contributed by atoms with E-state index in [4.69, 9.17) is 10.5 Å². The Hall–Kier alpha value is -1.13. The van der Waals surface area contributed by atoms with E-state index in [9.17, 15) is 0 Å². The lowest BCUT2D eigenvalue weighted by Crippen LogP contribution is -2.33. The van der Waals surface area contributed by atoms with Crippen LogP contribution in [0.2, 0.25) is 0 Å². The third kappa shape index (κ3) is 2.18. The Labute approximate surface area is 96.4 Å². The first-order valence-corrected chi connectivity index (χ1v) is 5.71. The average molecular weight is 221 g/mol. The highest BCUT2D eigenvalue weighted by atomic mass is 16.5. The smallest absolute Gasteiger partial charge is 0.133 e. The van der Waals surface area contributed by atoms with Crippen LogP contribution in [0.1, 0.15) is 24.9 Å². The summed E-state index contributed by atoms with van der Waals surface area (Å²) in [5, 5.41) is 0. The van der Waals surface area contributed by atoms with Crippen LogP contribution in [0.25, 0.3) is 0 Å². The fourth-order valence-electron chi connectivity index (χ4n) is 2.06. The van der Waals surface area contributed by atoms with E-state index >= 15 is 0 Å². The summed E-state index contributed by atoms with van der Waals surface area (Å²) in [6.07, 6.45) is 2.87. The number of aromatic nitrogens is 1. The number of rotatable bonds is 3. The lowest BCUT2D eigenvalue weighted by molar-refractivity contribution is 0.193. The quantitative estimate of drug-likeness (QED) is 0.836. The molecule has 0 spiro atoms. The Morgan fingerprint density at radius 2 is 2.44 bits per heavy atom. The summed E-state index contributed by atoms with van der Waals surface area (Å²) in [5.74, 6) is 0.980. The molecule has 0 aromatic carbocycles. The molecular formula is C12H19N3O. The van der Waals surface area contributed by atoms with Gasteiger partial charge in [-0.25, -0.2) is 4.98 Å². The molecule has 1 saturated heterocycles. The van der Waals surface area contributed by atoms with Crippen LogP contribution in [0.4, 0.5) is 5.82 Å². The van der Waals surface area contributed by atoms with E-state index in [2.05, 4.69) is 16.9 Å². The van der Waals surface area contributed by atoms with Crippen LogP contribution in [-0.2, 0) is 4.74 Å². The normalized spacial score (nSPS) is 22.1. The lowest BCUT2D eigenvalue weighted by atomic mass is 10.1. The topological polar surface area (TPSA) is 51.4 Å². The molecule has 1 unspecified atom stereocenters. The molecule has 2 heterocycles. The van der Waals surface area contributed by atoms with E-state index < -0.39 is 0 Å². The van der Waals surface area contributed by atoms with E-state index in [1.807, 2.05) is 25.3 Å². The van der Waals surface area contributed by atoms with Gasteiger partial charge in [-0.1, -0.05) is 6.07 Å². The Kier molecular flexibility index (Phi) is 3.41. The van der Waals surface area contributed by atoms with Gasteiger partial charge >= 0.3 is 0 Å². The summed E-state index contributed by atoms with van der Waals surface area (Å²) in [6, 6.07) is 4.40. The van der Waals surface area contributed by atoms with Crippen molar-refractivity contribution in [3.8, 4) is 0 Å². The Morgan fingerprint density at radius 1 is 1.62 bits per heavy atom. The minimum absolute atomic E-state index is 0.00784. The van der Waals surface area contributed by atoms with Crippen molar-refractivity contribution in [2.75, 3.05) is 25.2 Å². The molecule has 1 aliphatic rings. The number of hydrogen-bond donors (Lipinski definition) is 1. The highest BCUT2D eigenvalue weighted by molar-refractivity contribution is 5.48.